The monoisotopic (exact) mass is 538 g/mol. The van der Waals surface area contributed by atoms with Crippen molar-refractivity contribution in [3.63, 3.8) is 0 Å². The molecule has 0 aromatic heterocycles. The summed E-state index contributed by atoms with van der Waals surface area (Å²) in [5, 5.41) is 11.4. The first-order chi connectivity index (χ1) is 18.5. The van der Waals surface area contributed by atoms with Crippen molar-refractivity contribution in [2.45, 2.75) is 40.2 Å². The summed E-state index contributed by atoms with van der Waals surface area (Å²) in [5.74, 6) is 1.05. The normalized spacial score (nSPS) is 17.0. The first-order valence-electron chi connectivity index (χ1n) is 13.5. The van der Waals surface area contributed by atoms with Crippen LogP contribution in [0.25, 0.3) is 5.76 Å². The second-order valence-electron chi connectivity index (χ2n) is 11.0. The number of likely N-dealkylation sites (N-methyl/N-ethyl adjacent to an activating group) is 1. The number of benzene rings is 2. The first kappa shape index (κ1) is 30.0. The maximum atomic E-state index is 13.3. The molecule has 2 aromatic carbocycles. The van der Waals surface area contributed by atoms with Crippen LogP contribution in [0.5, 0.6) is 17.2 Å². The van der Waals surface area contributed by atoms with Gasteiger partial charge in [-0.1, -0.05) is 33.8 Å². The van der Waals surface area contributed by atoms with Crippen LogP contribution < -0.4 is 14.2 Å². The molecule has 0 aliphatic carbocycles. The van der Waals surface area contributed by atoms with E-state index in [1.807, 2.05) is 25.1 Å². The average Bonchev–Trinajstić information content (AvgIpc) is 3.15. The molecule has 3 rings (SSSR count). The van der Waals surface area contributed by atoms with Crippen LogP contribution in [-0.4, -0.2) is 74.1 Å². The number of rotatable bonds is 13. The number of ether oxygens (including phenoxy) is 3. The van der Waals surface area contributed by atoms with Crippen LogP contribution in [0.4, 0.5) is 0 Å². The van der Waals surface area contributed by atoms with Crippen molar-refractivity contribution in [2.75, 3.05) is 47.5 Å². The minimum Gasteiger partial charge on any atom is -0.507 e. The van der Waals surface area contributed by atoms with Gasteiger partial charge in [0.2, 0.25) is 0 Å². The average molecular weight is 539 g/mol. The molecule has 2 aromatic rings. The quantitative estimate of drug-likeness (QED) is 0.215. The van der Waals surface area contributed by atoms with Crippen LogP contribution in [0.3, 0.4) is 0 Å². The van der Waals surface area contributed by atoms with Crippen LogP contribution in [0.15, 0.2) is 48.0 Å². The summed E-state index contributed by atoms with van der Waals surface area (Å²) in [6, 6.07) is 11.5. The predicted octanol–water partition coefficient (Wildman–Crippen LogP) is 5.14. The zero-order valence-electron chi connectivity index (χ0n) is 24.2. The number of aliphatic hydroxyl groups is 1. The van der Waals surface area contributed by atoms with Crippen LogP contribution in [0.2, 0.25) is 0 Å². The molecule has 8 heteroatoms. The van der Waals surface area contributed by atoms with Gasteiger partial charge in [0.1, 0.15) is 11.5 Å². The largest absolute Gasteiger partial charge is 0.507 e. The van der Waals surface area contributed by atoms with Gasteiger partial charge in [-0.2, -0.15) is 0 Å². The van der Waals surface area contributed by atoms with Gasteiger partial charge >= 0.3 is 0 Å². The van der Waals surface area contributed by atoms with Crippen LogP contribution >= 0.6 is 0 Å². The highest BCUT2D eigenvalue weighted by Crippen LogP contribution is 2.42. The number of aliphatic hydroxyl groups excluding tert-OH is 1. The molecule has 1 amide bonds. The number of ketones is 1. The Labute approximate surface area is 232 Å². The lowest BCUT2D eigenvalue weighted by molar-refractivity contribution is -0.140. The Morgan fingerprint density at radius 3 is 2.26 bits per heavy atom. The van der Waals surface area contributed by atoms with E-state index in [9.17, 15) is 14.7 Å². The molecule has 1 heterocycles. The molecule has 0 radical (unpaired) electrons. The molecular weight excluding hydrogens is 496 g/mol. The standard InChI is InChI=1S/C31H42N2O6/c1-20(2)14-17-38-25-13-10-23(18-26(25)37-7)28-27(30(35)31(36)33(28)16-15-32(5)6)29(34)22-8-11-24(12-9-22)39-19-21(3)4/h8-13,18,20-21,28,34H,14-17,19H2,1-7H3/b29-27+. The highest BCUT2D eigenvalue weighted by atomic mass is 16.5. The molecule has 1 fully saturated rings. The van der Waals surface area contributed by atoms with E-state index >= 15 is 0 Å². The van der Waals surface area contributed by atoms with Crippen molar-refractivity contribution in [1.29, 1.82) is 0 Å². The molecule has 8 nitrogen and oxygen atoms in total. The summed E-state index contributed by atoms with van der Waals surface area (Å²) in [6.07, 6.45) is 0.900. The van der Waals surface area contributed by atoms with E-state index in [-0.39, 0.29) is 11.3 Å². The smallest absolute Gasteiger partial charge is 0.295 e. The third kappa shape index (κ3) is 7.53. The summed E-state index contributed by atoms with van der Waals surface area (Å²) >= 11 is 0. The molecule has 0 spiro atoms. The first-order valence-corrected chi connectivity index (χ1v) is 13.5. The Morgan fingerprint density at radius 1 is 0.974 bits per heavy atom. The Hall–Kier alpha value is -3.52. The van der Waals surface area contributed by atoms with Gasteiger partial charge in [0.05, 0.1) is 31.9 Å². The number of hydrogen-bond acceptors (Lipinski definition) is 7. The van der Waals surface area contributed by atoms with E-state index in [4.69, 9.17) is 14.2 Å². The molecule has 0 saturated carbocycles. The van der Waals surface area contributed by atoms with Crippen LogP contribution in [0, 0.1) is 11.8 Å². The zero-order valence-corrected chi connectivity index (χ0v) is 24.2. The van der Waals surface area contributed by atoms with E-state index in [1.165, 1.54) is 4.90 Å². The molecule has 0 bridgehead atoms. The van der Waals surface area contributed by atoms with E-state index in [2.05, 4.69) is 27.7 Å². The second-order valence-corrected chi connectivity index (χ2v) is 11.0. The number of amides is 1. The van der Waals surface area contributed by atoms with Gasteiger partial charge in [-0.25, -0.2) is 0 Å². The number of nitrogens with zero attached hydrogens (tertiary/aromatic N) is 2. The minimum atomic E-state index is -0.777. The third-order valence-electron chi connectivity index (χ3n) is 6.50. The van der Waals surface area contributed by atoms with Gasteiger partial charge in [-0.3, -0.25) is 9.59 Å². The van der Waals surface area contributed by atoms with Crippen LogP contribution in [-0.2, 0) is 9.59 Å². The number of likely N-dealkylation sites (tertiary alicyclic amines) is 1. The number of carbonyl (C=O) groups is 2. The van der Waals surface area contributed by atoms with E-state index < -0.39 is 17.7 Å². The Morgan fingerprint density at radius 2 is 1.67 bits per heavy atom. The molecule has 212 valence electrons. The Kier molecular flexibility index (Phi) is 10.4. The predicted molar refractivity (Wildman–Crippen MR) is 152 cm³/mol. The Balaban J connectivity index is 2.03. The Bertz CT molecular complexity index is 1170. The summed E-state index contributed by atoms with van der Waals surface area (Å²) in [7, 11) is 5.36. The molecular formula is C31H42N2O6. The van der Waals surface area contributed by atoms with Crippen molar-refractivity contribution >= 4 is 17.4 Å². The van der Waals surface area contributed by atoms with Gasteiger partial charge in [-0.05, 0) is 74.3 Å². The summed E-state index contributed by atoms with van der Waals surface area (Å²) in [6.45, 7) is 10.4. The maximum absolute atomic E-state index is 13.3. The summed E-state index contributed by atoms with van der Waals surface area (Å²) in [5.41, 5.74) is 1.13. The molecule has 1 atom stereocenters. The number of hydrogen-bond donors (Lipinski definition) is 1. The number of methoxy groups -OCH3 is 1. The van der Waals surface area contributed by atoms with E-state index in [1.54, 1.807) is 43.5 Å². The van der Waals surface area contributed by atoms with E-state index in [0.29, 0.717) is 66.5 Å². The molecule has 1 saturated heterocycles. The number of carbonyl (C=O) groups excluding carboxylic acids is 2. The van der Waals surface area contributed by atoms with Crippen molar-refractivity contribution in [3.8, 4) is 17.2 Å². The van der Waals surface area contributed by atoms with Gasteiger partial charge in [0.15, 0.2) is 11.5 Å². The second kappa shape index (κ2) is 13.5. The fourth-order valence-corrected chi connectivity index (χ4v) is 4.27. The summed E-state index contributed by atoms with van der Waals surface area (Å²) in [4.78, 5) is 30.0. The SMILES string of the molecule is COc1cc(C2/C(=C(\O)c3ccc(OCC(C)C)cc3)C(=O)C(=O)N2CCN(C)C)ccc1OCCC(C)C. The molecule has 1 aliphatic rings. The molecule has 1 N–H and O–H groups in total. The van der Waals surface area contributed by atoms with Gasteiger partial charge in [0.25, 0.3) is 11.7 Å². The van der Waals surface area contributed by atoms with Crippen LogP contribution in [0.1, 0.15) is 51.3 Å². The van der Waals surface area contributed by atoms with Gasteiger partial charge in [0, 0.05) is 18.7 Å². The molecule has 39 heavy (non-hydrogen) atoms. The van der Waals surface area contributed by atoms with Gasteiger partial charge < -0.3 is 29.1 Å². The van der Waals surface area contributed by atoms with Crippen molar-refractivity contribution in [1.82, 2.24) is 9.80 Å². The lowest BCUT2D eigenvalue weighted by Gasteiger charge is -2.27. The lowest BCUT2D eigenvalue weighted by Crippen LogP contribution is -2.35. The lowest BCUT2D eigenvalue weighted by atomic mass is 9.95. The summed E-state index contributed by atoms with van der Waals surface area (Å²) < 4.78 is 17.3. The van der Waals surface area contributed by atoms with Crippen molar-refractivity contribution in [3.05, 3.63) is 59.2 Å². The minimum absolute atomic E-state index is 0.0464. The fraction of sp³-hybridized carbons (Fsp3) is 0.484. The fourth-order valence-electron chi connectivity index (χ4n) is 4.27. The highest BCUT2D eigenvalue weighted by molar-refractivity contribution is 6.46. The zero-order chi connectivity index (χ0) is 28.7. The van der Waals surface area contributed by atoms with Gasteiger partial charge in [-0.15, -0.1) is 0 Å². The maximum Gasteiger partial charge on any atom is 0.295 e. The molecule has 1 aliphatic heterocycles. The van der Waals surface area contributed by atoms with Crippen molar-refractivity contribution < 1.29 is 28.9 Å². The van der Waals surface area contributed by atoms with E-state index in [0.717, 1.165) is 6.42 Å². The third-order valence-corrected chi connectivity index (χ3v) is 6.50. The topological polar surface area (TPSA) is 88.5 Å². The van der Waals surface area contributed by atoms with Crippen molar-refractivity contribution in [2.24, 2.45) is 11.8 Å². The molecule has 1 unspecified atom stereocenters. The highest BCUT2D eigenvalue weighted by Gasteiger charge is 2.46. The number of Topliss-reactive ketones (excluding diaryl/α,β-unsaturated/α-hetero) is 1.